The standard InChI is InChI=1S/C26H33N7O3/c1-8-24(34)29-19-14-20(23(36-7)15-21(19)33(5)12-11-32(3)4)30-26-28-16-27-25(31-26)18-9-10-22(35-6)17(2)13-18/h8-10,13-16H,1,11-12H2,2-7H3,(H,29,34)(H,27,28,30,31). The zero-order chi connectivity index (χ0) is 26.2. The first-order valence-electron chi connectivity index (χ1n) is 11.4. The van der Waals surface area contributed by atoms with Crippen molar-refractivity contribution in [2.24, 2.45) is 0 Å². The van der Waals surface area contributed by atoms with E-state index in [1.54, 1.807) is 20.3 Å². The Labute approximate surface area is 212 Å². The molecule has 0 radical (unpaired) electrons. The number of methoxy groups -OCH3 is 2. The summed E-state index contributed by atoms with van der Waals surface area (Å²) in [6.07, 6.45) is 2.68. The molecule has 1 amide bonds. The lowest BCUT2D eigenvalue weighted by atomic mass is 10.1. The number of nitrogens with zero attached hydrogens (tertiary/aromatic N) is 5. The largest absolute Gasteiger partial charge is 0.496 e. The Morgan fingerprint density at radius 2 is 1.78 bits per heavy atom. The summed E-state index contributed by atoms with van der Waals surface area (Å²) in [7, 11) is 9.21. The summed E-state index contributed by atoms with van der Waals surface area (Å²) in [5.41, 5.74) is 3.80. The topological polar surface area (TPSA) is 105 Å². The summed E-state index contributed by atoms with van der Waals surface area (Å²) in [5.74, 6) is 1.89. The van der Waals surface area contributed by atoms with Gasteiger partial charge in [0.25, 0.3) is 0 Å². The molecule has 10 heteroatoms. The van der Waals surface area contributed by atoms with E-state index in [2.05, 4.69) is 42.0 Å². The fourth-order valence-corrected chi connectivity index (χ4v) is 3.54. The van der Waals surface area contributed by atoms with Gasteiger partial charge >= 0.3 is 0 Å². The van der Waals surface area contributed by atoms with Crippen molar-refractivity contribution in [2.75, 3.05) is 64.0 Å². The van der Waals surface area contributed by atoms with Crippen LogP contribution in [0.5, 0.6) is 11.5 Å². The maximum atomic E-state index is 12.2. The van der Waals surface area contributed by atoms with Crippen LogP contribution >= 0.6 is 0 Å². The highest BCUT2D eigenvalue weighted by Crippen LogP contribution is 2.38. The first-order valence-corrected chi connectivity index (χ1v) is 11.4. The smallest absolute Gasteiger partial charge is 0.247 e. The molecule has 0 fully saturated rings. The van der Waals surface area contributed by atoms with Crippen molar-refractivity contribution in [3.63, 3.8) is 0 Å². The van der Waals surface area contributed by atoms with Gasteiger partial charge in [0.2, 0.25) is 11.9 Å². The number of aromatic nitrogens is 3. The van der Waals surface area contributed by atoms with E-state index in [-0.39, 0.29) is 5.91 Å². The number of hydrogen-bond acceptors (Lipinski definition) is 9. The third kappa shape index (κ3) is 6.48. The lowest BCUT2D eigenvalue weighted by Crippen LogP contribution is -2.29. The zero-order valence-electron chi connectivity index (χ0n) is 21.6. The quantitative estimate of drug-likeness (QED) is 0.388. The first kappa shape index (κ1) is 26.4. The van der Waals surface area contributed by atoms with Crippen molar-refractivity contribution in [1.82, 2.24) is 19.9 Å². The first-order chi connectivity index (χ1) is 17.2. The van der Waals surface area contributed by atoms with Gasteiger partial charge in [-0.15, -0.1) is 0 Å². The van der Waals surface area contributed by atoms with E-state index in [1.807, 2.05) is 52.3 Å². The Kier molecular flexibility index (Phi) is 8.80. The van der Waals surface area contributed by atoms with Crippen LogP contribution in [-0.2, 0) is 4.79 Å². The zero-order valence-corrected chi connectivity index (χ0v) is 21.6. The molecule has 0 saturated carbocycles. The van der Waals surface area contributed by atoms with Crippen LogP contribution in [0.25, 0.3) is 11.4 Å². The van der Waals surface area contributed by atoms with Gasteiger partial charge in [-0.1, -0.05) is 6.58 Å². The van der Waals surface area contributed by atoms with E-state index in [9.17, 15) is 4.79 Å². The van der Waals surface area contributed by atoms with E-state index in [0.29, 0.717) is 28.9 Å². The second kappa shape index (κ2) is 12.0. The third-order valence-corrected chi connectivity index (χ3v) is 5.53. The molecule has 2 N–H and O–H groups in total. The number of amides is 1. The molecule has 36 heavy (non-hydrogen) atoms. The summed E-state index contributed by atoms with van der Waals surface area (Å²) in [4.78, 5) is 29.5. The molecule has 0 bridgehead atoms. The van der Waals surface area contributed by atoms with Crippen LogP contribution in [0.3, 0.4) is 0 Å². The summed E-state index contributed by atoms with van der Waals surface area (Å²) >= 11 is 0. The van der Waals surface area contributed by atoms with E-state index in [4.69, 9.17) is 9.47 Å². The lowest BCUT2D eigenvalue weighted by Gasteiger charge is -2.26. The highest BCUT2D eigenvalue weighted by atomic mass is 16.5. The number of anilines is 4. The Morgan fingerprint density at radius 1 is 1.03 bits per heavy atom. The molecular formula is C26H33N7O3. The third-order valence-electron chi connectivity index (χ3n) is 5.53. The number of ether oxygens (including phenoxy) is 2. The number of carbonyl (C=O) groups is 1. The average molecular weight is 492 g/mol. The molecule has 1 heterocycles. The minimum absolute atomic E-state index is 0.314. The number of likely N-dealkylation sites (N-methyl/N-ethyl adjacent to an activating group) is 2. The van der Waals surface area contributed by atoms with E-state index in [1.165, 1.54) is 12.4 Å². The number of aryl methyl sites for hydroxylation is 1. The molecule has 10 nitrogen and oxygen atoms in total. The molecule has 0 saturated heterocycles. The van der Waals surface area contributed by atoms with Gasteiger partial charge in [0.15, 0.2) is 5.82 Å². The molecule has 190 valence electrons. The Hall–Kier alpha value is -4.18. The summed E-state index contributed by atoms with van der Waals surface area (Å²) < 4.78 is 11.0. The predicted molar refractivity (Wildman–Crippen MR) is 143 cm³/mol. The number of benzene rings is 2. The summed E-state index contributed by atoms with van der Waals surface area (Å²) in [6.45, 7) is 7.11. The van der Waals surface area contributed by atoms with Gasteiger partial charge in [0, 0.05) is 31.8 Å². The van der Waals surface area contributed by atoms with E-state index >= 15 is 0 Å². The van der Waals surface area contributed by atoms with Gasteiger partial charge < -0.3 is 29.9 Å². The highest BCUT2D eigenvalue weighted by molar-refractivity contribution is 6.02. The molecule has 0 atom stereocenters. The minimum atomic E-state index is -0.314. The fraction of sp³-hybridized carbons (Fsp3) is 0.308. The van der Waals surface area contributed by atoms with Crippen LogP contribution in [0.15, 0.2) is 49.3 Å². The van der Waals surface area contributed by atoms with Crippen molar-refractivity contribution in [3.05, 3.63) is 54.9 Å². The van der Waals surface area contributed by atoms with Crippen LogP contribution < -0.4 is 25.0 Å². The number of hydrogen-bond donors (Lipinski definition) is 2. The lowest BCUT2D eigenvalue weighted by molar-refractivity contribution is -0.111. The Balaban J connectivity index is 1.97. The van der Waals surface area contributed by atoms with Gasteiger partial charge in [-0.3, -0.25) is 4.79 Å². The second-order valence-corrected chi connectivity index (χ2v) is 8.43. The van der Waals surface area contributed by atoms with Gasteiger partial charge in [-0.05, 0) is 56.9 Å². The normalized spacial score (nSPS) is 10.6. The highest BCUT2D eigenvalue weighted by Gasteiger charge is 2.17. The minimum Gasteiger partial charge on any atom is -0.496 e. The summed E-state index contributed by atoms with van der Waals surface area (Å²) in [5, 5.41) is 6.09. The molecule has 1 aromatic heterocycles. The molecular weight excluding hydrogens is 458 g/mol. The van der Waals surface area contributed by atoms with Gasteiger partial charge in [0.1, 0.15) is 17.8 Å². The molecule has 0 spiro atoms. The van der Waals surface area contributed by atoms with Crippen LogP contribution in [-0.4, -0.2) is 74.2 Å². The van der Waals surface area contributed by atoms with Gasteiger partial charge in [0.05, 0.1) is 31.3 Å². The van der Waals surface area contributed by atoms with Crippen molar-refractivity contribution in [2.45, 2.75) is 6.92 Å². The van der Waals surface area contributed by atoms with Crippen LogP contribution in [0.1, 0.15) is 5.56 Å². The van der Waals surface area contributed by atoms with Crippen molar-refractivity contribution in [1.29, 1.82) is 0 Å². The summed E-state index contributed by atoms with van der Waals surface area (Å²) in [6, 6.07) is 9.39. The van der Waals surface area contributed by atoms with E-state index in [0.717, 1.165) is 35.7 Å². The van der Waals surface area contributed by atoms with Crippen LogP contribution in [0.4, 0.5) is 23.0 Å². The van der Waals surface area contributed by atoms with Gasteiger partial charge in [-0.2, -0.15) is 4.98 Å². The monoisotopic (exact) mass is 491 g/mol. The fourth-order valence-electron chi connectivity index (χ4n) is 3.54. The maximum absolute atomic E-state index is 12.2. The maximum Gasteiger partial charge on any atom is 0.247 e. The SMILES string of the molecule is C=CC(=O)Nc1cc(Nc2ncnc(-c3ccc(OC)c(C)c3)n2)c(OC)cc1N(C)CCN(C)C. The van der Waals surface area contributed by atoms with Gasteiger partial charge in [-0.25, -0.2) is 9.97 Å². The number of rotatable bonds is 11. The molecule has 2 aromatic carbocycles. The number of nitrogens with one attached hydrogen (secondary N) is 2. The van der Waals surface area contributed by atoms with Crippen molar-refractivity contribution in [3.8, 4) is 22.9 Å². The molecule has 3 aromatic rings. The molecule has 0 aliphatic heterocycles. The van der Waals surface area contributed by atoms with E-state index < -0.39 is 0 Å². The second-order valence-electron chi connectivity index (χ2n) is 8.43. The van der Waals surface area contributed by atoms with Crippen LogP contribution in [0, 0.1) is 6.92 Å². The molecule has 0 aliphatic carbocycles. The molecule has 0 aliphatic rings. The molecule has 3 rings (SSSR count). The molecule has 0 unspecified atom stereocenters. The predicted octanol–water partition coefficient (Wildman–Crippen LogP) is 3.73. The number of carbonyl (C=O) groups excluding carboxylic acids is 1. The Morgan fingerprint density at radius 3 is 2.42 bits per heavy atom. The van der Waals surface area contributed by atoms with Crippen LogP contribution in [0.2, 0.25) is 0 Å². The Bertz CT molecular complexity index is 1230. The van der Waals surface area contributed by atoms with Crippen molar-refractivity contribution < 1.29 is 14.3 Å². The van der Waals surface area contributed by atoms with Crippen molar-refractivity contribution >= 4 is 28.9 Å². The average Bonchev–Trinajstić information content (AvgIpc) is 2.87.